The standard InChI is InChI=1S/C17H29NO3/c1-4-18-14-15(9-10-21-12-11-19-2)13-16-7-5-6-8-17(16)20-3/h5-8,15,18H,4,9-14H2,1-3H3. The van der Waals surface area contributed by atoms with Gasteiger partial charge in [-0.3, -0.25) is 0 Å². The fourth-order valence-corrected chi connectivity index (χ4v) is 2.30. The highest BCUT2D eigenvalue weighted by Crippen LogP contribution is 2.22. The van der Waals surface area contributed by atoms with Crippen LogP contribution in [0.2, 0.25) is 0 Å². The summed E-state index contributed by atoms with van der Waals surface area (Å²) in [6.07, 6.45) is 2.04. The Balaban J connectivity index is 2.48. The maximum absolute atomic E-state index is 5.59. The molecular formula is C17H29NO3. The summed E-state index contributed by atoms with van der Waals surface area (Å²) >= 11 is 0. The Hall–Kier alpha value is -1.10. The van der Waals surface area contributed by atoms with Gasteiger partial charge in [0, 0.05) is 13.7 Å². The molecular weight excluding hydrogens is 266 g/mol. The molecule has 0 saturated carbocycles. The quantitative estimate of drug-likeness (QED) is 0.602. The molecule has 1 aromatic carbocycles. The highest BCUT2D eigenvalue weighted by atomic mass is 16.5. The van der Waals surface area contributed by atoms with Crippen LogP contribution in [-0.2, 0) is 15.9 Å². The van der Waals surface area contributed by atoms with Crippen LogP contribution in [0.25, 0.3) is 0 Å². The van der Waals surface area contributed by atoms with E-state index in [-0.39, 0.29) is 0 Å². The van der Waals surface area contributed by atoms with Crippen LogP contribution in [0.1, 0.15) is 18.9 Å². The lowest BCUT2D eigenvalue weighted by molar-refractivity contribution is 0.0636. The number of benzene rings is 1. The topological polar surface area (TPSA) is 39.7 Å². The van der Waals surface area contributed by atoms with Crippen LogP contribution in [0.15, 0.2) is 24.3 Å². The monoisotopic (exact) mass is 295 g/mol. The Morgan fingerprint density at radius 1 is 1.10 bits per heavy atom. The summed E-state index contributed by atoms with van der Waals surface area (Å²) in [5.74, 6) is 1.52. The van der Waals surface area contributed by atoms with E-state index < -0.39 is 0 Å². The first kappa shape index (κ1) is 18.0. The number of ether oxygens (including phenoxy) is 3. The van der Waals surface area contributed by atoms with Crippen molar-refractivity contribution in [3.05, 3.63) is 29.8 Å². The Bertz CT molecular complexity index is 371. The second-order valence-corrected chi connectivity index (χ2v) is 5.08. The van der Waals surface area contributed by atoms with Crippen LogP contribution in [-0.4, -0.2) is 47.1 Å². The third-order valence-electron chi connectivity index (χ3n) is 3.49. The summed E-state index contributed by atoms with van der Waals surface area (Å²) < 4.78 is 16.0. The normalized spacial score (nSPS) is 12.3. The summed E-state index contributed by atoms with van der Waals surface area (Å²) in [4.78, 5) is 0. The summed E-state index contributed by atoms with van der Waals surface area (Å²) in [5, 5.41) is 3.44. The smallest absolute Gasteiger partial charge is 0.122 e. The van der Waals surface area contributed by atoms with E-state index in [9.17, 15) is 0 Å². The van der Waals surface area contributed by atoms with Gasteiger partial charge in [-0.25, -0.2) is 0 Å². The molecule has 21 heavy (non-hydrogen) atoms. The Labute approximate surface area is 128 Å². The van der Waals surface area contributed by atoms with Gasteiger partial charge in [0.05, 0.1) is 20.3 Å². The number of hydrogen-bond acceptors (Lipinski definition) is 4. The van der Waals surface area contributed by atoms with E-state index in [2.05, 4.69) is 24.4 Å². The summed E-state index contributed by atoms with van der Waals surface area (Å²) in [6, 6.07) is 8.24. The molecule has 1 aromatic rings. The average Bonchev–Trinajstić information content (AvgIpc) is 2.52. The highest BCUT2D eigenvalue weighted by Gasteiger charge is 2.12. The SMILES string of the molecule is CCNCC(CCOCCOC)Cc1ccccc1OC. The van der Waals surface area contributed by atoms with Gasteiger partial charge in [0.15, 0.2) is 0 Å². The average molecular weight is 295 g/mol. The number of nitrogens with one attached hydrogen (secondary N) is 1. The minimum atomic E-state index is 0.545. The zero-order chi connectivity index (χ0) is 15.3. The Morgan fingerprint density at radius 3 is 2.62 bits per heavy atom. The van der Waals surface area contributed by atoms with Crippen molar-refractivity contribution in [2.24, 2.45) is 5.92 Å². The molecule has 4 nitrogen and oxygen atoms in total. The van der Waals surface area contributed by atoms with Crippen LogP contribution >= 0.6 is 0 Å². The van der Waals surface area contributed by atoms with Crippen molar-refractivity contribution in [3.8, 4) is 5.75 Å². The van der Waals surface area contributed by atoms with Crippen LogP contribution in [0, 0.1) is 5.92 Å². The maximum Gasteiger partial charge on any atom is 0.122 e. The molecule has 0 aliphatic carbocycles. The number of hydrogen-bond donors (Lipinski definition) is 1. The molecule has 0 amide bonds. The molecule has 0 heterocycles. The van der Waals surface area contributed by atoms with Crippen molar-refractivity contribution in [2.75, 3.05) is 47.1 Å². The first-order valence-electron chi connectivity index (χ1n) is 7.71. The molecule has 1 rings (SSSR count). The van der Waals surface area contributed by atoms with E-state index in [1.54, 1.807) is 14.2 Å². The second kappa shape index (κ2) is 11.5. The van der Waals surface area contributed by atoms with Gasteiger partial charge in [0.25, 0.3) is 0 Å². The van der Waals surface area contributed by atoms with E-state index in [1.165, 1.54) is 5.56 Å². The molecule has 1 unspecified atom stereocenters. The third kappa shape index (κ3) is 7.46. The molecule has 1 N–H and O–H groups in total. The van der Waals surface area contributed by atoms with Gasteiger partial charge in [-0.15, -0.1) is 0 Å². The number of rotatable bonds is 12. The van der Waals surface area contributed by atoms with Crippen LogP contribution in [0.3, 0.4) is 0 Å². The maximum atomic E-state index is 5.59. The van der Waals surface area contributed by atoms with Crippen molar-refractivity contribution in [1.29, 1.82) is 0 Å². The Kier molecular flexibility index (Phi) is 9.87. The number of methoxy groups -OCH3 is 2. The van der Waals surface area contributed by atoms with Crippen molar-refractivity contribution in [3.63, 3.8) is 0 Å². The zero-order valence-corrected chi connectivity index (χ0v) is 13.6. The highest BCUT2D eigenvalue weighted by molar-refractivity contribution is 5.33. The molecule has 0 radical (unpaired) electrons. The fourth-order valence-electron chi connectivity index (χ4n) is 2.30. The van der Waals surface area contributed by atoms with Crippen LogP contribution in [0.5, 0.6) is 5.75 Å². The lowest BCUT2D eigenvalue weighted by Crippen LogP contribution is -2.25. The van der Waals surface area contributed by atoms with E-state index in [0.29, 0.717) is 19.1 Å². The van der Waals surface area contributed by atoms with Gasteiger partial charge < -0.3 is 19.5 Å². The van der Waals surface area contributed by atoms with E-state index in [0.717, 1.165) is 38.3 Å². The van der Waals surface area contributed by atoms with Crippen molar-refractivity contribution in [1.82, 2.24) is 5.32 Å². The van der Waals surface area contributed by atoms with Crippen LogP contribution < -0.4 is 10.1 Å². The molecule has 0 aliphatic rings. The van der Waals surface area contributed by atoms with Gasteiger partial charge in [0.1, 0.15) is 5.75 Å². The predicted molar refractivity (Wildman–Crippen MR) is 86.0 cm³/mol. The molecule has 1 atom stereocenters. The van der Waals surface area contributed by atoms with Gasteiger partial charge in [0.2, 0.25) is 0 Å². The molecule has 0 spiro atoms. The molecule has 0 aromatic heterocycles. The predicted octanol–water partition coefficient (Wildman–Crippen LogP) is 2.52. The fraction of sp³-hybridized carbons (Fsp3) is 0.647. The van der Waals surface area contributed by atoms with Gasteiger partial charge in [-0.1, -0.05) is 25.1 Å². The molecule has 0 fully saturated rings. The van der Waals surface area contributed by atoms with Crippen molar-refractivity contribution < 1.29 is 14.2 Å². The zero-order valence-electron chi connectivity index (χ0n) is 13.6. The van der Waals surface area contributed by atoms with Crippen molar-refractivity contribution in [2.45, 2.75) is 19.8 Å². The minimum absolute atomic E-state index is 0.545. The van der Waals surface area contributed by atoms with E-state index >= 15 is 0 Å². The second-order valence-electron chi connectivity index (χ2n) is 5.08. The molecule has 0 aliphatic heterocycles. The minimum Gasteiger partial charge on any atom is -0.496 e. The van der Waals surface area contributed by atoms with E-state index in [1.807, 2.05) is 12.1 Å². The first-order chi connectivity index (χ1) is 10.3. The lowest BCUT2D eigenvalue weighted by Gasteiger charge is -2.19. The van der Waals surface area contributed by atoms with Crippen molar-refractivity contribution >= 4 is 0 Å². The van der Waals surface area contributed by atoms with Gasteiger partial charge in [-0.2, -0.15) is 0 Å². The number of para-hydroxylation sites is 1. The third-order valence-corrected chi connectivity index (χ3v) is 3.49. The Morgan fingerprint density at radius 2 is 1.90 bits per heavy atom. The molecule has 120 valence electrons. The van der Waals surface area contributed by atoms with Gasteiger partial charge >= 0.3 is 0 Å². The lowest BCUT2D eigenvalue weighted by atomic mass is 9.95. The molecule has 4 heteroatoms. The molecule has 0 saturated heterocycles. The largest absolute Gasteiger partial charge is 0.496 e. The summed E-state index contributed by atoms with van der Waals surface area (Å²) in [6.45, 7) is 6.22. The molecule has 0 bridgehead atoms. The first-order valence-corrected chi connectivity index (χ1v) is 7.71. The summed E-state index contributed by atoms with van der Waals surface area (Å²) in [5.41, 5.74) is 1.26. The van der Waals surface area contributed by atoms with Gasteiger partial charge in [-0.05, 0) is 43.5 Å². The summed E-state index contributed by atoms with van der Waals surface area (Å²) in [7, 11) is 3.42. The van der Waals surface area contributed by atoms with Crippen LogP contribution in [0.4, 0.5) is 0 Å². The van der Waals surface area contributed by atoms with E-state index in [4.69, 9.17) is 14.2 Å².